The monoisotopic (exact) mass is 306 g/mol. The summed E-state index contributed by atoms with van der Waals surface area (Å²) in [6.07, 6.45) is 7.05. The molecule has 3 nitrogen and oxygen atoms in total. The van der Waals surface area contributed by atoms with Crippen molar-refractivity contribution in [1.82, 2.24) is 9.55 Å². The first kappa shape index (κ1) is 12.8. The van der Waals surface area contributed by atoms with Crippen molar-refractivity contribution in [2.24, 2.45) is 5.92 Å². The minimum absolute atomic E-state index is 0.135. The predicted molar refractivity (Wildman–Crippen MR) is 85.3 cm³/mol. The summed E-state index contributed by atoms with van der Waals surface area (Å²) in [6, 6.07) is 0.208. The lowest BCUT2D eigenvalue weighted by Crippen LogP contribution is -2.25. The number of fused-ring (bicyclic) bond motifs is 3. The molecular formula is C15H18N2OS2. The molecule has 1 atom stereocenters. The van der Waals surface area contributed by atoms with Crippen LogP contribution < -0.4 is 5.56 Å². The summed E-state index contributed by atoms with van der Waals surface area (Å²) in [5.41, 5.74) is 1.42. The second-order valence-electron chi connectivity index (χ2n) is 6.19. The fourth-order valence-corrected chi connectivity index (χ4v) is 5.14. The van der Waals surface area contributed by atoms with Gasteiger partial charge < -0.3 is 4.98 Å². The van der Waals surface area contributed by atoms with E-state index in [4.69, 9.17) is 12.2 Å². The largest absolute Gasteiger partial charge is 0.323 e. The van der Waals surface area contributed by atoms with Crippen LogP contribution in [0, 0.1) is 10.7 Å². The summed E-state index contributed by atoms with van der Waals surface area (Å²) in [5, 5.41) is 0.916. The highest BCUT2D eigenvalue weighted by Gasteiger charge is 2.27. The molecule has 2 aromatic heterocycles. The highest BCUT2D eigenvalue weighted by atomic mass is 32.1. The third kappa shape index (κ3) is 1.91. The zero-order chi connectivity index (χ0) is 13.9. The fraction of sp³-hybridized carbons (Fsp3) is 0.600. The first-order valence-corrected chi connectivity index (χ1v) is 8.66. The van der Waals surface area contributed by atoms with E-state index in [9.17, 15) is 4.79 Å². The second kappa shape index (κ2) is 4.53. The molecule has 0 aromatic carbocycles. The SMILES string of the molecule is CC(CC1CC1)n1c(=S)[nH]c2sc3c(c2c1=O)CCC3. The summed E-state index contributed by atoms with van der Waals surface area (Å²) in [6.45, 7) is 2.13. The van der Waals surface area contributed by atoms with Crippen LogP contribution in [0.15, 0.2) is 4.79 Å². The molecule has 0 aliphatic heterocycles. The van der Waals surface area contributed by atoms with Crippen LogP contribution in [0.2, 0.25) is 0 Å². The Morgan fingerprint density at radius 3 is 3.00 bits per heavy atom. The van der Waals surface area contributed by atoms with Crippen LogP contribution in [0.4, 0.5) is 0 Å². The van der Waals surface area contributed by atoms with Crippen molar-refractivity contribution in [3.8, 4) is 0 Å². The Balaban J connectivity index is 1.92. The van der Waals surface area contributed by atoms with E-state index >= 15 is 0 Å². The number of H-pyrrole nitrogens is 1. The van der Waals surface area contributed by atoms with Gasteiger partial charge in [-0.15, -0.1) is 11.3 Å². The van der Waals surface area contributed by atoms with Gasteiger partial charge in [-0.2, -0.15) is 0 Å². The number of aromatic nitrogens is 2. The minimum atomic E-state index is 0.135. The van der Waals surface area contributed by atoms with Crippen molar-refractivity contribution in [2.75, 3.05) is 0 Å². The zero-order valence-electron chi connectivity index (χ0n) is 11.6. The van der Waals surface area contributed by atoms with Gasteiger partial charge in [0.05, 0.1) is 5.39 Å². The molecule has 106 valence electrons. The van der Waals surface area contributed by atoms with Gasteiger partial charge in [-0.25, -0.2) is 0 Å². The van der Waals surface area contributed by atoms with Gasteiger partial charge >= 0.3 is 0 Å². The van der Waals surface area contributed by atoms with E-state index in [1.807, 2.05) is 4.57 Å². The standard InChI is InChI=1S/C15H18N2OS2/c1-8(7-9-5-6-9)17-14(18)12-10-3-2-4-11(10)20-13(12)16-15(17)19/h8-9H,2-7H2,1H3,(H,16,19). The van der Waals surface area contributed by atoms with Crippen molar-refractivity contribution in [3.05, 3.63) is 25.6 Å². The normalized spacial score (nSPS) is 19.4. The van der Waals surface area contributed by atoms with E-state index in [0.29, 0.717) is 4.77 Å². The number of rotatable bonds is 3. The number of aryl methyl sites for hydroxylation is 2. The van der Waals surface area contributed by atoms with E-state index in [-0.39, 0.29) is 11.6 Å². The first-order valence-electron chi connectivity index (χ1n) is 7.44. The van der Waals surface area contributed by atoms with Gasteiger partial charge in [0.25, 0.3) is 5.56 Å². The Kier molecular flexibility index (Phi) is 2.89. The van der Waals surface area contributed by atoms with E-state index in [2.05, 4.69) is 11.9 Å². The minimum Gasteiger partial charge on any atom is -0.323 e. The van der Waals surface area contributed by atoms with Crippen molar-refractivity contribution in [2.45, 2.75) is 51.5 Å². The average Bonchev–Trinajstić information content (AvgIpc) is 2.95. The first-order chi connectivity index (χ1) is 9.65. The number of aromatic amines is 1. The van der Waals surface area contributed by atoms with E-state index < -0.39 is 0 Å². The quantitative estimate of drug-likeness (QED) is 0.871. The Morgan fingerprint density at radius 1 is 1.45 bits per heavy atom. The molecule has 1 N–H and O–H groups in total. The maximum Gasteiger partial charge on any atom is 0.263 e. The fourth-order valence-electron chi connectivity index (χ4n) is 3.43. The molecular weight excluding hydrogens is 288 g/mol. The van der Waals surface area contributed by atoms with Crippen LogP contribution in [0.1, 0.15) is 49.1 Å². The number of thiophene rings is 1. The summed E-state index contributed by atoms with van der Waals surface area (Å²) in [4.78, 5) is 18.6. The van der Waals surface area contributed by atoms with Gasteiger partial charge in [-0.3, -0.25) is 9.36 Å². The molecule has 20 heavy (non-hydrogen) atoms. The lowest BCUT2D eigenvalue weighted by Gasteiger charge is -2.15. The molecule has 1 unspecified atom stereocenters. The topological polar surface area (TPSA) is 37.8 Å². The Bertz CT molecular complexity index is 795. The Labute approximate surface area is 126 Å². The van der Waals surface area contributed by atoms with Gasteiger partial charge in [0.1, 0.15) is 4.83 Å². The average molecular weight is 306 g/mol. The van der Waals surface area contributed by atoms with Gasteiger partial charge in [0.15, 0.2) is 4.77 Å². The number of hydrogen-bond donors (Lipinski definition) is 1. The lowest BCUT2D eigenvalue weighted by atomic mass is 10.1. The van der Waals surface area contributed by atoms with Crippen molar-refractivity contribution < 1.29 is 0 Å². The van der Waals surface area contributed by atoms with Crippen LogP contribution in [-0.4, -0.2) is 9.55 Å². The van der Waals surface area contributed by atoms with Gasteiger partial charge in [-0.05, 0) is 56.3 Å². The molecule has 0 bridgehead atoms. The molecule has 1 saturated carbocycles. The van der Waals surface area contributed by atoms with E-state index in [1.54, 1.807) is 11.3 Å². The molecule has 2 aromatic rings. The highest BCUT2D eigenvalue weighted by Crippen LogP contribution is 2.37. The maximum atomic E-state index is 12.9. The zero-order valence-corrected chi connectivity index (χ0v) is 13.2. The molecule has 0 amide bonds. The molecule has 2 heterocycles. The lowest BCUT2D eigenvalue weighted by molar-refractivity contribution is 0.457. The Morgan fingerprint density at radius 2 is 2.25 bits per heavy atom. The second-order valence-corrected chi connectivity index (χ2v) is 7.69. The van der Waals surface area contributed by atoms with Crippen molar-refractivity contribution in [3.63, 3.8) is 0 Å². The van der Waals surface area contributed by atoms with E-state index in [1.165, 1.54) is 29.7 Å². The molecule has 4 rings (SSSR count). The van der Waals surface area contributed by atoms with Gasteiger partial charge in [-0.1, -0.05) is 12.8 Å². The molecule has 2 aliphatic rings. The smallest absolute Gasteiger partial charge is 0.263 e. The van der Waals surface area contributed by atoms with E-state index in [0.717, 1.165) is 35.4 Å². The summed E-state index contributed by atoms with van der Waals surface area (Å²) in [5.74, 6) is 0.801. The summed E-state index contributed by atoms with van der Waals surface area (Å²) >= 11 is 7.16. The summed E-state index contributed by atoms with van der Waals surface area (Å²) < 4.78 is 2.41. The molecule has 2 aliphatic carbocycles. The number of nitrogens with one attached hydrogen (secondary N) is 1. The molecule has 0 saturated heterocycles. The van der Waals surface area contributed by atoms with Crippen molar-refractivity contribution in [1.29, 1.82) is 0 Å². The van der Waals surface area contributed by atoms with Gasteiger partial charge in [0.2, 0.25) is 0 Å². The molecule has 0 spiro atoms. The highest BCUT2D eigenvalue weighted by molar-refractivity contribution is 7.71. The summed E-state index contributed by atoms with van der Waals surface area (Å²) in [7, 11) is 0. The van der Waals surface area contributed by atoms with Crippen molar-refractivity contribution >= 4 is 33.8 Å². The van der Waals surface area contributed by atoms with Gasteiger partial charge in [0, 0.05) is 10.9 Å². The molecule has 5 heteroatoms. The maximum absolute atomic E-state index is 12.9. The number of nitrogens with zero attached hydrogens (tertiary/aromatic N) is 1. The molecule has 0 radical (unpaired) electrons. The molecule has 1 fully saturated rings. The predicted octanol–water partition coefficient (Wildman–Crippen LogP) is 3.97. The third-order valence-corrected chi connectivity index (χ3v) is 6.11. The van der Waals surface area contributed by atoms with Crippen LogP contribution in [-0.2, 0) is 12.8 Å². The number of hydrogen-bond acceptors (Lipinski definition) is 3. The van der Waals surface area contributed by atoms with Crippen LogP contribution in [0.25, 0.3) is 10.2 Å². The van der Waals surface area contributed by atoms with Crippen LogP contribution in [0.3, 0.4) is 0 Å². The van der Waals surface area contributed by atoms with Crippen LogP contribution >= 0.6 is 23.6 Å². The third-order valence-electron chi connectivity index (χ3n) is 4.61. The Hall–Kier alpha value is -0.940. The van der Waals surface area contributed by atoms with Crippen LogP contribution in [0.5, 0.6) is 0 Å².